The Hall–Kier alpha value is -3.78. The number of hydrogen-bond donors (Lipinski definition) is 4. The van der Waals surface area contributed by atoms with Gasteiger partial charge in [0, 0.05) is 11.6 Å². The van der Waals surface area contributed by atoms with Gasteiger partial charge in [0.2, 0.25) is 0 Å². The van der Waals surface area contributed by atoms with Crippen molar-refractivity contribution in [2.45, 2.75) is 51.4 Å². The van der Waals surface area contributed by atoms with Crippen LogP contribution >= 0.6 is 0 Å². The molecule has 0 aromatic heterocycles. The second-order valence-corrected chi connectivity index (χ2v) is 9.84. The summed E-state index contributed by atoms with van der Waals surface area (Å²) in [6, 6.07) is 7.73. The Labute approximate surface area is 222 Å². The molecule has 8 nitrogen and oxygen atoms in total. The number of phenols is 2. The molecule has 1 aliphatic carbocycles. The van der Waals surface area contributed by atoms with Crippen molar-refractivity contribution in [2.75, 3.05) is 20.3 Å². The number of aromatic hydroxyl groups is 2. The predicted molar refractivity (Wildman–Crippen MR) is 144 cm³/mol. The zero-order valence-corrected chi connectivity index (χ0v) is 22.0. The average molecular weight is 525 g/mol. The molecule has 3 rings (SSSR count). The van der Waals surface area contributed by atoms with Crippen molar-refractivity contribution in [3.05, 3.63) is 70.3 Å². The van der Waals surface area contributed by atoms with Gasteiger partial charge in [-0.2, -0.15) is 0 Å². The Morgan fingerprint density at radius 1 is 1.13 bits per heavy atom. The summed E-state index contributed by atoms with van der Waals surface area (Å²) in [6.45, 7) is 3.89. The van der Waals surface area contributed by atoms with Crippen LogP contribution in [0.3, 0.4) is 0 Å². The normalized spacial score (nSPS) is 18.2. The molecular formula is C30H36O8. The van der Waals surface area contributed by atoms with Crippen LogP contribution in [-0.2, 0) is 9.53 Å². The molecule has 0 fully saturated rings. The SMILES string of the molecule is COc1cc(C=CC(=O)OCC(=CCCC(C)C2CCC(C)c3c(O)cc(C(=O)O)cc32)CO)ccc1O. The van der Waals surface area contributed by atoms with Gasteiger partial charge in [-0.1, -0.05) is 26.0 Å². The molecule has 0 saturated heterocycles. The number of phenolic OH excluding ortho intramolecular Hbond substituents is 2. The summed E-state index contributed by atoms with van der Waals surface area (Å²) in [5, 5.41) is 39.3. The minimum absolute atomic E-state index is 0.00434. The average Bonchev–Trinajstić information content (AvgIpc) is 2.89. The number of carboxylic acid groups (broad SMARTS) is 1. The molecule has 4 N–H and O–H groups in total. The van der Waals surface area contributed by atoms with Crippen molar-refractivity contribution < 1.29 is 39.5 Å². The van der Waals surface area contributed by atoms with Gasteiger partial charge in [0.15, 0.2) is 11.5 Å². The van der Waals surface area contributed by atoms with Crippen LogP contribution in [0.1, 0.15) is 78.4 Å². The van der Waals surface area contributed by atoms with Gasteiger partial charge in [-0.15, -0.1) is 0 Å². The van der Waals surface area contributed by atoms with Crippen molar-refractivity contribution in [3.8, 4) is 17.2 Å². The van der Waals surface area contributed by atoms with E-state index in [2.05, 4.69) is 6.92 Å². The van der Waals surface area contributed by atoms with Crippen LogP contribution in [0.4, 0.5) is 0 Å². The monoisotopic (exact) mass is 524 g/mol. The maximum Gasteiger partial charge on any atom is 0.335 e. The van der Waals surface area contributed by atoms with E-state index in [4.69, 9.17) is 9.47 Å². The lowest BCUT2D eigenvalue weighted by atomic mass is 9.71. The van der Waals surface area contributed by atoms with Crippen LogP contribution in [0.2, 0.25) is 0 Å². The first-order chi connectivity index (χ1) is 18.1. The van der Waals surface area contributed by atoms with Crippen LogP contribution in [0.5, 0.6) is 17.2 Å². The number of carbonyl (C=O) groups is 2. The van der Waals surface area contributed by atoms with Gasteiger partial charge < -0.3 is 29.9 Å². The number of aliphatic hydroxyl groups excluding tert-OH is 1. The van der Waals surface area contributed by atoms with Crippen molar-refractivity contribution in [1.29, 1.82) is 0 Å². The van der Waals surface area contributed by atoms with Gasteiger partial charge in [0.25, 0.3) is 0 Å². The van der Waals surface area contributed by atoms with E-state index >= 15 is 0 Å². The van der Waals surface area contributed by atoms with E-state index in [1.807, 2.05) is 13.0 Å². The van der Waals surface area contributed by atoms with Crippen molar-refractivity contribution in [2.24, 2.45) is 5.92 Å². The number of ether oxygens (including phenoxy) is 2. The van der Waals surface area contributed by atoms with E-state index in [0.29, 0.717) is 23.3 Å². The topological polar surface area (TPSA) is 134 Å². The highest BCUT2D eigenvalue weighted by molar-refractivity contribution is 5.89. The minimum atomic E-state index is -1.06. The molecule has 0 saturated carbocycles. The number of methoxy groups -OCH3 is 1. The summed E-state index contributed by atoms with van der Waals surface area (Å²) in [5.74, 6) is -0.769. The van der Waals surface area contributed by atoms with Crippen molar-refractivity contribution in [3.63, 3.8) is 0 Å². The van der Waals surface area contributed by atoms with Crippen LogP contribution < -0.4 is 4.74 Å². The molecule has 3 unspecified atom stereocenters. The first-order valence-corrected chi connectivity index (χ1v) is 12.7. The van der Waals surface area contributed by atoms with Gasteiger partial charge in [-0.05, 0) is 90.5 Å². The fraction of sp³-hybridized carbons (Fsp3) is 0.400. The lowest BCUT2D eigenvalue weighted by molar-refractivity contribution is -0.136. The van der Waals surface area contributed by atoms with E-state index in [1.165, 1.54) is 25.3 Å². The first kappa shape index (κ1) is 28.8. The summed E-state index contributed by atoms with van der Waals surface area (Å²) in [5.41, 5.74) is 3.09. The lowest BCUT2D eigenvalue weighted by Gasteiger charge is -2.34. The number of benzene rings is 2. The van der Waals surface area contributed by atoms with Gasteiger partial charge in [0.1, 0.15) is 12.4 Å². The quantitative estimate of drug-likeness (QED) is 0.175. The van der Waals surface area contributed by atoms with E-state index < -0.39 is 11.9 Å². The molecule has 8 heteroatoms. The largest absolute Gasteiger partial charge is 0.508 e. The highest BCUT2D eigenvalue weighted by Gasteiger charge is 2.31. The molecule has 204 valence electrons. The van der Waals surface area contributed by atoms with E-state index in [9.17, 15) is 30.0 Å². The number of allylic oxidation sites excluding steroid dienone is 1. The molecule has 0 amide bonds. The van der Waals surface area contributed by atoms with E-state index in [1.54, 1.807) is 24.3 Å². The second-order valence-electron chi connectivity index (χ2n) is 9.84. The summed E-state index contributed by atoms with van der Waals surface area (Å²) in [4.78, 5) is 23.7. The number of carbonyl (C=O) groups excluding carboxylic acids is 1. The van der Waals surface area contributed by atoms with Gasteiger partial charge in [-0.25, -0.2) is 9.59 Å². The number of carboxylic acids is 1. The van der Waals surface area contributed by atoms with Gasteiger partial charge >= 0.3 is 11.9 Å². The highest BCUT2D eigenvalue weighted by Crippen LogP contribution is 2.47. The van der Waals surface area contributed by atoms with Crippen molar-refractivity contribution >= 4 is 18.0 Å². The first-order valence-electron chi connectivity index (χ1n) is 12.7. The number of aromatic carboxylic acids is 1. The molecule has 38 heavy (non-hydrogen) atoms. The smallest absolute Gasteiger partial charge is 0.335 e. The number of esters is 1. The highest BCUT2D eigenvalue weighted by atomic mass is 16.5. The number of fused-ring (bicyclic) bond motifs is 1. The Morgan fingerprint density at radius 2 is 1.89 bits per heavy atom. The summed E-state index contributed by atoms with van der Waals surface area (Å²) in [7, 11) is 1.44. The summed E-state index contributed by atoms with van der Waals surface area (Å²) >= 11 is 0. The molecule has 0 radical (unpaired) electrons. The standard InChI is InChI=1S/C30H36O8/c1-18(23-10-7-19(2)29-24(23)14-22(30(35)36)15-26(29)33)5-4-6-21(16-31)17-38-28(34)12-9-20-8-11-25(32)27(13-20)37-3/h6,8-9,11-15,18-19,23,31-33H,4-5,7,10,16-17H2,1-3H3,(H,35,36). The third-order valence-electron chi connectivity index (χ3n) is 7.20. The zero-order chi connectivity index (χ0) is 27.8. The van der Waals surface area contributed by atoms with Crippen molar-refractivity contribution in [1.82, 2.24) is 0 Å². The molecule has 0 heterocycles. The van der Waals surface area contributed by atoms with Crippen LogP contribution in [0.25, 0.3) is 6.08 Å². The van der Waals surface area contributed by atoms with Gasteiger partial charge in [-0.3, -0.25) is 0 Å². The minimum Gasteiger partial charge on any atom is -0.508 e. The van der Waals surface area contributed by atoms with E-state index in [-0.39, 0.29) is 48.0 Å². The Bertz CT molecular complexity index is 1210. The molecule has 0 aliphatic heterocycles. The third-order valence-corrected chi connectivity index (χ3v) is 7.20. The second kappa shape index (κ2) is 13.1. The maximum atomic E-state index is 12.1. The number of hydrogen-bond acceptors (Lipinski definition) is 7. The molecular weight excluding hydrogens is 488 g/mol. The maximum absolute atomic E-state index is 12.1. The summed E-state index contributed by atoms with van der Waals surface area (Å²) in [6.07, 6.45) is 7.96. The molecule has 0 spiro atoms. The molecule has 2 aromatic rings. The molecule has 0 bridgehead atoms. The third kappa shape index (κ3) is 7.16. The molecule has 2 aromatic carbocycles. The summed E-state index contributed by atoms with van der Waals surface area (Å²) < 4.78 is 10.3. The predicted octanol–water partition coefficient (Wildman–Crippen LogP) is 5.38. The van der Waals surface area contributed by atoms with Crippen LogP contribution in [-0.4, -0.2) is 52.7 Å². The molecule has 3 atom stereocenters. The van der Waals surface area contributed by atoms with Crippen LogP contribution in [0.15, 0.2) is 48.1 Å². The van der Waals surface area contributed by atoms with Gasteiger partial charge in [0.05, 0.1) is 19.3 Å². The lowest BCUT2D eigenvalue weighted by Crippen LogP contribution is -2.19. The fourth-order valence-electron chi connectivity index (χ4n) is 5.04. The number of aliphatic hydroxyl groups is 1. The van der Waals surface area contributed by atoms with Crippen LogP contribution in [0, 0.1) is 5.92 Å². The Morgan fingerprint density at radius 3 is 2.58 bits per heavy atom. The Balaban J connectivity index is 1.57. The number of rotatable bonds is 11. The fourth-order valence-corrected chi connectivity index (χ4v) is 5.04. The zero-order valence-electron chi connectivity index (χ0n) is 22.0. The molecule has 1 aliphatic rings. The van der Waals surface area contributed by atoms with E-state index in [0.717, 1.165) is 30.4 Å². The Kier molecular flexibility index (Phi) is 9.96.